The summed E-state index contributed by atoms with van der Waals surface area (Å²) in [5, 5.41) is 9.31. The standard InChI is InChI=1S/C28H23N7O2/c1-18(33-25-11-13-29-24-12-14-32-35(24)25)23-15-19-7-6-10-22(20-16-30-28(37-2)31-17-20)26(19)27(36)34(23)21-8-4-3-5-9-21/h3-18,33H,1-2H3/t18-/m0/s1. The number of methoxy groups -OCH3 is 1. The van der Waals surface area contributed by atoms with Crippen LogP contribution in [0.4, 0.5) is 5.82 Å². The first-order valence-corrected chi connectivity index (χ1v) is 11.8. The molecule has 6 aromatic rings. The van der Waals surface area contributed by atoms with Crippen LogP contribution in [-0.2, 0) is 0 Å². The van der Waals surface area contributed by atoms with Crippen molar-refractivity contribution in [1.29, 1.82) is 0 Å². The van der Waals surface area contributed by atoms with E-state index < -0.39 is 0 Å². The van der Waals surface area contributed by atoms with E-state index in [2.05, 4.69) is 31.4 Å². The minimum atomic E-state index is -0.236. The van der Waals surface area contributed by atoms with E-state index in [4.69, 9.17) is 4.74 Å². The number of para-hydroxylation sites is 1. The first-order chi connectivity index (χ1) is 18.1. The van der Waals surface area contributed by atoms with Gasteiger partial charge in [0.05, 0.1) is 24.7 Å². The molecule has 0 bridgehead atoms. The van der Waals surface area contributed by atoms with Crippen LogP contribution in [-0.4, -0.2) is 36.2 Å². The third-order valence-electron chi connectivity index (χ3n) is 6.31. The summed E-state index contributed by atoms with van der Waals surface area (Å²) in [6, 6.07) is 21.2. The Balaban J connectivity index is 1.55. The first-order valence-electron chi connectivity index (χ1n) is 11.8. The number of benzene rings is 2. The van der Waals surface area contributed by atoms with Crippen molar-refractivity contribution < 1.29 is 4.74 Å². The molecule has 9 heteroatoms. The molecule has 6 rings (SSSR count). The van der Waals surface area contributed by atoms with Gasteiger partial charge in [0.2, 0.25) is 0 Å². The fourth-order valence-electron chi connectivity index (χ4n) is 4.58. The molecule has 4 aromatic heterocycles. The molecule has 182 valence electrons. The van der Waals surface area contributed by atoms with Crippen LogP contribution in [0.3, 0.4) is 0 Å². The fraction of sp³-hybridized carbons (Fsp3) is 0.107. The Bertz CT molecular complexity index is 1780. The monoisotopic (exact) mass is 489 g/mol. The molecule has 0 aliphatic carbocycles. The number of anilines is 1. The average molecular weight is 490 g/mol. The zero-order valence-corrected chi connectivity index (χ0v) is 20.2. The second-order valence-electron chi connectivity index (χ2n) is 8.57. The maximum absolute atomic E-state index is 14.2. The van der Waals surface area contributed by atoms with Gasteiger partial charge in [-0.15, -0.1) is 0 Å². The van der Waals surface area contributed by atoms with Crippen molar-refractivity contribution in [2.24, 2.45) is 0 Å². The van der Waals surface area contributed by atoms with Gasteiger partial charge in [0.15, 0.2) is 5.65 Å². The normalized spacial score (nSPS) is 12.1. The van der Waals surface area contributed by atoms with Crippen molar-refractivity contribution >= 4 is 22.2 Å². The van der Waals surface area contributed by atoms with Gasteiger partial charge in [-0.2, -0.15) is 9.61 Å². The molecule has 0 saturated heterocycles. The number of aromatic nitrogens is 6. The van der Waals surface area contributed by atoms with Crippen LogP contribution in [0, 0.1) is 0 Å². The van der Waals surface area contributed by atoms with Gasteiger partial charge in [-0.05, 0) is 42.1 Å². The maximum Gasteiger partial charge on any atom is 0.316 e. The zero-order valence-electron chi connectivity index (χ0n) is 20.2. The summed E-state index contributed by atoms with van der Waals surface area (Å²) in [6.07, 6.45) is 6.78. The Morgan fingerprint density at radius 2 is 1.73 bits per heavy atom. The number of fused-ring (bicyclic) bond motifs is 2. The van der Waals surface area contributed by atoms with Crippen LogP contribution in [0.25, 0.3) is 33.2 Å². The predicted octanol–water partition coefficient (Wildman–Crippen LogP) is 4.67. The molecule has 37 heavy (non-hydrogen) atoms. The lowest BCUT2D eigenvalue weighted by molar-refractivity contribution is 0.380. The molecule has 2 aromatic carbocycles. The van der Waals surface area contributed by atoms with Crippen molar-refractivity contribution in [3.63, 3.8) is 0 Å². The second-order valence-corrected chi connectivity index (χ2v) is 8.57. The third-order valence-corrected chi connectivity index (χ3v) is 6.31. The largest absolute Gasteiger partial charge is 0.467 e. The van der Waals surface area contributed by atoms with Crippen molar-refractivity contribution in [3.8, 4) is 22.8 Å². The summed E-state index contributed by atoms with van der Waals surface area (Å²) >= 11 is 0. The van der Waals surface area contributed by atoms with Gasteiger partial charge in [-0.25, -0.2) is 15.0 Å². The summed E-state index contributed by atoms with van der Waals surface area (Å²) in [6.45, 7) is 2.02. The topological polar surface area (TPSA) is 99.2 Å². The molecule has 0 saturated carbocycles. The number of hydrogen-bond acceptors (Lipinski definition) is 7. The van der Waals surface area contributed by atoms with Gasteiger partial charge >= 0.3 is 6.01 Å². The highest BCUT2D eigenvalue weighted by Crippen LogP contribution is 2.30. The number of ether oxygens (including phenoxy) is 1. The van der Waals surface area contributed by atoms with E-state index in [1.165, 1.54) is 7.11 Å². The molecule has 1 atom stereocenters. The minimum Gasteiger partial charge on any atom is -0.467 e. The van der Waals surface area contributed by atoms with E-state index in [9.17, 15) is 4.79 Å². The minimum absolute atomic E-state index is 0.127. The van der Waals surface area contributed by atoms with Crippen LogP contribution >= 0.6 is 0 Å². The van der Waals surface area contributed by atoms with Gasteiger partial charge in [0.25, 0.3) is 5.56 Å². The molecule has 0 aliphatic heterocycles. The summed E-state index contributed by atoms with van der Waals surface area (Å²) in [5.74, 6) is 0.777. The third kappa shape index (κ3) is 3.96. The average Bonchev–Trinajstić information content (AvgIpc) is 3.43. The Labute approximate surface area is 212 Å². The van der Waals surface area contributed by atoms with Gasteiger partial charge < -0.3 is 10.1 Å². The highest BCUT2D eigenvalue weighted by atomic mass is 16.5. The number of hydrogen-bond donors (Lipinski definition) is 1. The van der Waals surface area contributed by atoms with Crippen molar-refractivity contribution in [1.82, 2.24) is 29.1 Å². The van der Waals surface area contributed by atoms with Crippen molar-refractivity contribution in [3.05, 3.63) is 108 Å². The second kappa shape index (κ2) is 9.19. The van der Waals surface area contributed by atoms with E-state index in [1.807, 2.05) is 67.6 Å². The Morgan fingerprint density at radius 3 is 2.51 bits per heavy atom. The Morgan fingerprint density at radius 1 is 0.919 bits per heavy atom. The molecule has 0 unspecified atom stereocenters. The smallest absolute Gasteiger partial charge is 0.316 e. The zero-order chi connectivity index (χ0) is 25.4. The van der Waals surface area contributed by atoms with Crippen LogP contribution in [0.1, 0.15) is 18.7 Å². The molecule has 0 fully saturated rings. The molecule has 0 amide bonds. The lowest BCUT2D eigenvalue weighted by atomic mass is 9.99. The number of pyridine rings is 1. The van der Waals surface area contributed by atoms with Crippen LogP contribution in [0.5, 0.6) is 6.01 Å². The molecule has 0 spiro atoms. The molecular formula is C28H23N7O2. The molecule has 4 heterocycles. The maximum atomic E-state index is 14.2. The van der Waals surface area contributed by atoms with E-state index in [1.54, 1.807) is 33.9 Å². The lowest BCUT2D eigenvalue weighted by Crippen LogP contribution is -2.26. The molecule has 0 aliphatic rings. The molecule has 9 nitrogen and oxygen atoms in total. The fourth-order valence-corrected chi connectivity index (χ4v) is 4.58. The summed E-state index contributed by atoms with van der Waals surface area (Å²) in [4.78, 5) is 27.1. The van der Waals surface area contributed by atoms with E-state index in [0.29, 0.717) is 5.39 Å². The highest BCUT2D eigenvalue weighted by molar-refractivity contribution is 5.96. The van der Waals surface area contributed by atoms with E-state index in [0.717, 1.165) is 39.4 Å². The van der Waals surface area contributed by atoms with Crippen molar-refractivity contribution in [2.45, 2.75) is 13.0 Å². The molecular weight excluding hydrogens is 466 g/mol. The lowest BCUT2D eigenvalue weighted by Gasteiger charge is -2.22. The van der Waals surface area contributed by atoms with E-state index >= 15 is 0 Å². The molecule has 0 radical (unpaired) electrons. The summed E-state index contributed by atoms with van der Waals surface area (Å²) < 4.78 is 8.60. The van der Waals surface area contributed by atoms with Gasteiger partial charge in [0, 0.05) is 41.6 Å². The SMILES string of the molecule is COc1ncc(-c2cccc3cc([C@H](C)Nc4ccnc5ccnn45)n(-c4ccccc4)c(=O)c23)cn1. The van der Waals surface area contributed by atoms with Crippen molar-refractivity contribution in [2.75, 3.05) is 12.4 Å². The Kier molecular flexibility index (Phi) is 5.57. The van der Waals surface area contributed by atoms with Crippen LogP contribution in [0.2, 0.25) is 0 Å². The molecule has 1 N–H and O–H groups in total. The summed E-state index contributed by atoms with van der Waals surface area (Å²) in [7, 11) is 1.52. The van der Waals surface area contributed by atoms with Gasteiger partial charge in [-0.3, -0.25) is 9.36 Å². The number of rotatable bonds is 6. The van der Waals surface area contributed by atoms with Crippen LogP contribution in [0.15, 0.2) is 96.3 Å². The summed E-state index contributed by atoms with van der Waals surface area (Å²) in [5.41, 5.74) is 3.69. The van der Waals surface area contributed by atoms with Crippen LogP contribution < -0.4 is 15.6 Å². The highest BCUT2D eigenvalue weighted by Gasteiger charge is 2.19. The quantitative estimate of drug-likeness (QED) is 0.363. The Hall–Kier alpha value is -5.05. The van der Waals surface area contributed by atoms with Gasteiger partial charge in [-0.1, -0.05) is 36.4 Å². The predicted molar refractivity (Wildman–Crippen MR) is 142 cm³/mol. The van der Waals surface area contributed by atoms with Gasteiger partial charge in [0.1, 0.15) is 5.82 Å². The number of nitrogens with zero attached hydrogens (tertiary/aromatic N) is 6. The first kappa shape index (κ1) is 22.4. The number of nitrogens with one attached hydrogen (secondary N) is 1. The van der Waals surface area contributed by atoms with E-state index in [-0.39, 0.29) is 17.6 Å².